The molecular formula is C19H25NO9. The van der Waals surface area contributed by atoms with Crippen LogP contribution < -0.4 is 4.74 Å². The molecular weight excluding hydrogens is 386 g/mol. The van der Waals surface area contributed by atoms with Crippen LogP contribution in [0.2, 0.25) is 0 Å². The highest BCUT2D eigenvalue weighted by atomic mass is 16.6. The number of aromatic hydroxyl groups is 1. The quantitative estimate of drug-likeness (QED) is 0.544. The summed E-state index contributed by atoms with van der Waals surface area (Å²) in [6.45, 7) is 4.90. The Morgan fingerprint density at radius 3 is 2.07 bits per heavy atom. The van der Waals surface area contributed by atoms with Crippen LogP contribution in [0.5, 0.6) is 11.5 Å². The van der Waals surface area contributed by atoms with E-state index in [1.165, 1.54) is 4.90 Å². The van der Waals surface area contributed by atoms with Gasteiger partial charge in [0, 0.05) is 0 Å². The molecule has 10 heteroatoms. The number of ether oxygens (including phenoxy) is 4. The van der Waals surface area contributed by atoms with Crippen molar-refractivity contribution in [1.82, 2.24) is 4.90 Å². The third kappa shape index (κ3) is 5.29. The first kappa shape index (κ1) is 22.3. The zero-order valence-corrected chi connectivity index (χ0v) is 17.0. The Kier molecular flexibility index (Phi) is 6.27. The summed E-state index contributed by atoms with van der Waals surface area (Å²) in [7, 11) is 2.27. The average Bonchev–Trinajstić information content (AvgIpc) is 2.61. The summed E-state index contributed by atoms with van der Waals surface area (Å²) in [5.74, 6) is -2.22. The Bertz CT molecular complexity index is 807. The summed E-state index contributed by atoms with van der Waals surface area (Å²) in [5, 5.41) is 20.6. The number of rotatable bonds is 5. The lowest BCUT2D eigenvalue weighted by atomic mass is 9.96. The molecule has 2 rings (SSSR count). The number of nitrogens with zero attached hydrogens (tertiary/aromatic N) is 1. The van der Waals surface area contributed by atoms with Gasteiger partial charge in [-0.3, -0.25) is 0 Å². The molecule has 0 aliphatic carbocycles. The highest BCUT2D eigenvalue weighted by Gasteiger charge is 2.46. The molecule has 1 saturated heterocycles. The Morgan fingerprint density at radius 2 is 1.59 bits per heavy atom. The molecule has 160 valence electrons. The van der Waals surface area contributed by atoms with Crippen molar-refractivity contribution in [2.75, 3.05) is 33.9 Å². The van der Waals surface area contributed by atoms with E-state index in [9.17, 15) is 24.6 Å². The molecule has 1 aliphatic heterocycles. The number of carbonyl (C=O) groups excluding carboxylic acids is 3. The van der Waals surface area contributed by atoms with Crippen LogP contribution >= 0.6 is 0 Å². The van der Waals surface area contributed by atoms with Gasteiger partial charge in [0.05, 0.1) is 38.4 Å². The van der Waals surface area contributed by atoms with Crippen molar-refractivity contribution in [1.29, 1.82) is 0 Å². The molecule has 1 amide bonds. The number of amides is 1. The van der Waals surface area contributed by atoms with E-state index in [0.29, 0.717) is 0 Å². The van der Waals surface area contributed by atoms with Crippen molar-refractivity contribution in [2.45, 2.75) is 32.0 Å². The number of carbonyl (C=O) groups is 3. The number of phenols is 1. The second-order valence-corrected chi connectivity index (χ2v) is 7.70. The van der Waals surface area contributed by atoms with Gasteiger partial charge in [-0.25, -0.2) is 14.4 Å². The molecule has 1 fully saturated rings. The van der Waals surface area contributed by atoms with Gasteiger partial charge in [0.2, 0.25) is 0 Å². The third-order valence-corrected chi connectivity index (χ3v) is 4.03. The Morgan fingerprint density at radius 1 is 1.07 bits per heavy atom. The maximum atomic E-state index is 12.0. The average molecular weight is 411 g/mol. The van der Waals surface area contributed by atoms with E-state index in [1.807, 2.05) is 0 Å². The molecule has 0 unspecified atom stereocenters. The summed E-state index contributed by atoms with van der Waals surface area (Å²) in [5.41, 5.74) is -2.36. The number of likely N-dealkylation sites (tertiary alicyclic amines) is 1. The van der Waals surface area contributed by atoms with Crippen molar-refractivity contribution in [2.24, 2.45) is 0 Å². The van der Waals surface area contributed by atoms with E-state index in [-0.39, 0.29) is 36.6 Å². The van der Waals surface area contributed by atoms with Crippen LogP contribution in [0.3, 0.4) is 0 Å². The standard InChI is InChI=1S/C19H25NO9/c1-18(2,3)29-17(24)20-8-19(25,9-20)10-28-14-7-12(16(23)27-5)11(6-13(14)21)15(22)26-4/h6-7,21,25H,8-10H2,1-5H3. The second-order valence-electron chi connectivity index (χ2n) is 7.70. The molecule has 1 aliphatic rings. The first-order valence-electron chi connectivity index (χ1n) is 8.76. The van der Waals surface area contributed by atoms with Crippen molar-refractivity contribution >= 4 is 18.0 Å². The lowest BCUT2D eigenvalue weighted by Gasteiger charge is -2.45. The van der Waals surface area contributed by atoms with Crippen LogP contribution in [0.1, 0.15) is 41.5 Å². The highest BCUT2D eigenvalue weighted by Crippen LogP contribution is 2.32. The first-order chi connectivity index (χ1) is 13.4. The van der Waals surface area contributed by atoms with Crippen LogP contribution in [-0.4, -0.2) is 78.3 Å². The number of aliphatic hydroxyl groups is 1. The van der Waals surface area contributed by atoms with Gasteiger partial charge in [-0.2, -0.15) is 0 Å². The minimum atomic E-state index is -1.35. The molecule has 0 aromatic heterocycles. The molecule has 1 aromatic carbocycles. The number of esters is 2. The summed E-state index contributed by atoms with van der Waals surface area (Å²) in [6.07, 6.45) is -0.555. The summed E-state index contributed by atoms with van der Waals surface area (Å²) in [4.78, 5) is 37.0. The van der Waals surface area contributed by atoms with Gasteiger partial charge >= 0.3 is 18.0 Å². The molecule has 1 heterocycles. The predicted molar refractivity (Wildman–Crippen MR) is 99.0 cm³/mol. The number of benzene rings is 1. The van der Waals surface area contributed by atoms with Gasteiger partial charge in [-0.1, -0.05) is 0 Å². The van der Waals surface area contributed by atoms with E-state index in [1.54, 1.807) is 20.8 Å². The number of hydrogen-bond acceptors (Lipinski definition) is 9. The zero-order valence-electron chi connectivity index (χ0n) is 17.0. The fourth-order valence-electron chi connectivity index (χ4n) is 2.66. The fraction of sp³-hybridized carbons (Fsp3) is 0.526. The second kappa shape index (κ2) is 8.16. The number of phenolic OH excluding ortho intramolecular Hbond substituents is 1. The Balaban J connectivity index is 2.08. The van der Waals surface area contributed by atoms with E-state index in [4.69, 9.17) is 9.47 Å². The van der Waals surface area contributed by atoms with Gasteiger partial charge in [-0.05, 0) is 32.9 Å². The minimum Gasteiger partial charge on any atom is -0.504 e. The highest BCUT2D eigenvalue weighted by molar-refractivity contribution is 6.04. The summed E-state index contributed by atoms with van der Waals surface area (Å²) >= 11 is 0. The molecule has 1 aromatic rings. The fourth-order valence-corrected chi connectivity index (χ4v) is 2.66. The van der Waals surface area contributed by atoms with Crippen LogP contribution in [0.4, 0.5) is 4.79 Å². The lowest BCUT2D eigenvalue weighted by Crippen LogP contribution is -2.66. The minimum absolute atomic E-state index is 0.0211. The van der Waals surface area contributed by atoms with E-state index < -0.39 is 35.0 Å². The molecule has 0 atom stereocenters. The zero-order chi connectivity index (χ0) is 22.0. The normalized spacial score (nSPS) is 15.2. The van der Waals surface area contributed by atoms with Crippen molar-refractivity contribution in [3.8, 4) is 11.5 Å². The Labute approximate surface area is 167 Å². The van der Waals surface area contributed by atoms with Gasteiger partial charge in [-0.15, -0.1) is 0 Å². The van der Waals surface area contributed by atoms with Crippen molar-refractivity contribution < 1.29 is 43.5 Å². The van der Waals surface area contributed by atoms with Crippen LogP contribution in [0.15, 0.2) is 12.1 Å². The van der Waals surface area contributed by atoms with Gasteiger partial charge in [0.25, 0.3) is 0 Å². The van der Waals surface area contributed by atoms with Crippen LogP contribution in [0.25, 0.3) is 0 Å². The molecule has 10 nitrogen and oxygen atoms in total. The Hall–Kier alpha value is -3.01. The van der Waals surface area contributed by atoms with E-state index >= 15 is 0 Å². The SMILES string of the molecule is COC(=O)c1cc(O)c(OCC2(O)CN(C(=O)OC(C)(C)C)C2)cc1C(=O)OC. The van der Waals surface area contributed by atoms with Crippen molar-refractivity contribution in [3.63, 3.8) is 0 Å². The number of β-amino-alcohol motifs (C(OH)–C–C–N with tert-alkyl or cyclic N) is 1. The van der Waals surface area contributed by atoms with Crippen LogP contribution in [-0.2, 0) is 14.2 Å². The van der Waals surface area contributed by atoms with Gasteiger partial charge < -0.3 is 34.1 Å². The summed E-state index contributed by atoms with van der Waals surface area (Å²) in [6, 6.07) is 2.15. The van der Waals surface area contributed by atoms with Gasteiger partial charge in [0.1, 0.15) is 17.8 Å². The molecule has 2 N–H and O–H groups in total. The maximum absolute atomic E-state index is 12.0. The van der Waals surface area contributed by atoms with E-state index in [2.05, 4.69) is 9.47 Å². The number of methoxy groups -OCH3 is 2. The topological polar surface area (TPSA) is 132 Å². The monoisotopic (exact) mass is 411 g/mol. The lowest BCUT2D eigenvalue weighted by molar-refractivity contribution is -0.117. The first-order valence-corrected chi connectivity index (χ1v) is 8.76. The van der Waals surface area contributed by atoms with Crippen LogP contribution in [0, 0.1) is 0 Å². The van der Waals surface area contributed by atoms with Crippen molar-refractivity contribution in [3.05, 3.63) is 23.3 Å². The summed E-state index contributed by atoms with van der Waals surface area (Å²) < 4.78 is 19.9. The maximum Gasteiger partial charge on any atom is 0.410 e. The largest absolute Gasteiger partial charge is 0.504 e. The molecule has 0 bridgehead atoms. The molecule has 0 radical (unpaired) electrons. The third-order valence-electron chi connectivity index (χ3n) is 4.03. The number of hydrogen-bond donors (Lipinski definition) is 2. The van der Waals surface area contributed by atoms with Gasteiger partial charge in [0.15, 0.2) is 11.5 Å². The molecule has 0 spiro atoms. The smallest absolute Gasteiger partial charge is 0.410 e. The molecule has 0 saturated carbocycles. The molecule has 29 heavy (non-hydrogen) atoms. The van der Waals surface area contributed by atoms with E-state index in [0.717, 1.165) is 26.4 Å². The predicted octanol–water partition coefficient (Wildman–Crippen LogP) is 1.33.